The maximum Gasteiger partial charge on any atom is 1.00 e. The fraction of sp³-hybridized carbons (Fsp3) is 1.00. The van der Waals surface area contributed by atoms with E-state index in [4.69, 9.17) is 0 Å². The zero-order chi connectivity index (χ0) is 20.4. The topological polar surface area (TPSA) is 77.4 Å². The van der Waals surface area contributed by atoms with Gasteiger partial charge in [-0.25, -0.2) is 8.42 Å². The number of hydrogen-bond donors (Lipinski definition) is 1. The summed E-state index contributed by atoms with van der Waals surface area (Å²) in [4.78, 5) is 0. The van der Waals surface area contributed by atoms with Crippen LogP contribution in [-0.2, 0) is 10.1 Å². The van der Waals surface area contributed by atoms with Crippen LogP contribution in [0.4, 0.5) is 0 Å². The van der Waals surface area contributed by atoms with Crippen molar-refractivity contribution in [3.63, 3.8) is 0 Å². The van der Waals surface area contributed by atoms with E-state index in [0.29, 0.717) is 12.8 Å². The molecule has 0 rings (SSSR count). The van der Waals surface area contributed by atoms with Gasteiger partial charge in [0.05, 0.1) is 16.2 Å². The van der Waals surface area contributed by atoms with Gasteiger partial charge < -0.3 is 9.66 Å². The van der Waals surface area contributed by atoms with E-state index in [1.165, 1.54) is 32.1 Å². The summed E-state index contributed by atoms with van der Waals surface area (Å²) in [6.07, 6.45) is 18.3. The smallest absolute Gasteiger partial charge is 0.748 e. The van der Waals surface area contributed by atoms with E-state index < -0.39 is 15.4 Å². The first-order valence-corrected chi connectivity index (χ1v) is 13.0. The Labute approximate surface area is 197 Å². The molecule has 0 aromatic carbocycles. The summed E-state index contributed by atoms with van der Waals surface area (Å²) in [6, 6.07) is 0. The van der Waals surface area contributed by atoms with Gasteiger partial charge in [-0.2, -0.15) is 0 Å². The molecule has 0 aliphatic carbocycles. The first kappa shape index (κ1) is 31.1. The molecule has 2 unspecified atom stereocenters. The Bertz CT molecular complexity index is 415. The van der Waals surface area contributed by atoms with Gasteiger partial charge in [-0.3, -0.25) is 0 Å². The minimum Gasteiger partial charge on any atom is -0.748 e. The molecule has 0 amide bonds. The number of unbranched alkanes of at least 4 members (excludes halogenated alkanes) is 12. The second-order valence-electron chi connectivity index (χ2n) is 8.14. The van der Waals surface area contributed by atoms with Crippen LogP contribution in [0.2, 0.25) is 0 Å². The number of aliphatic hydroxyl groups excluding tert-OH is 1. The molecule has 28 heavy (non-hydrogen) atoms. The van der Waals surface area contributed by atoms with E-state index in [-0.39, 0.29) is 35.7 Å². The molecule has 6 heteroatoms. The third-order valence-electron chi connectivity index (χ3n) is 5.57. The third-order valence-corrected chi connectivity index (χ3v) is 6.86. The van der Waals surface area contributed by atoms with Gasteiger partial charge in [-0.05, 0) is 25.7 Å². The molecule has 0 aliphatic heterocycles. The van der Waals surface area contributed by atoms with Crippen molar-refractivity contribution in [2.45, 2.75) is 141 Å². The minimum atomic E-state index is -4.16. The molecule has 0 spiro atoms. The van der Waals surface area contributed by atoms with E-state index in [0.717, 1.165) is 70.6 Å². The molecule has 2 atom stereocenters. The van der Waals surface area contributed by atoms with E-state index in [9.17, 15) is 18.1 Å². The van der Waals surface area contributed by atoms with Gasteiger partial charge in [0, 0.05) is 5.25 Å². The predicted molar refractivity (Wildman–Crippen MR) is 114 cm³/mol. The van der Waals surface area contributed by atoms with Crippen molar-refractivity contribution in [1.29, 1.82) is 0 Å². The molecular weight excluding hydrogens is 383 g/mol. The molecule has 0 heterocycles. The van der Waals surface area contributed by atoms with Crippen LogP contribution in [-0.4, -0.2) is 29.4 Å². The van der Waals surface area contributed by atoms with Crippen LogP contribution in [0.5, 0.6) is 0 Å². The summed E-state index contributed by atoms with van der Waals surface area (Å²) in [5, 5.41) is 8.82. The molecule has 4 nitrogen and oxygen atoms in total. The van der Waals surface area contributed by atoms with Crippen molar-refractivity contribution in [3.05, 3.63) is 0 Å². The molecule has 0 radical (unpaired) electrons. The summed E-state index contributed by atoms with van der Waals surface area (Å²) in [5.74, 6) is 0. The van der Waals surface area contributed by atoms with Gasteiger partial charge in [0.2, 0.25) is 0 Å². The van der Waals surface area contributed by atoms with Crippen LogP contribution >= 0.6 is 0 Å². The standard InChI is InChI=1S/C22H46O4S.Na/c1-3-5-6-7-8-9-13-16-19-22(27(24,25)26)20-17-14-11-10-12-15-18-21(23)4-2;/h21-23H,3-20H2,1-2H3,(H,24,25,26);/q;+1/p-1. The predicted octanol–water partition coefficient (Wildman–Crippen LogP) is 3.33. The summed E-state index contributed by atoms with van der Waals surface area (Å²) in [5.41, 5.74) is 0. The van der Waals surface area contributed by atoms with Crippen LogP contribution < -0.4 is 29.6 Å². The van der Waals surface area contributed by atoms with Crippen molar-refractivity contribution < 1.29 is 47.6 Å². The Kier molecular flexibility index (Phi) is 23.4. The normalized spacial score (nSPS) is 13.9. The molecular formula is C22H45NaO4S. The molecule has 0 saturated carbocycles. The molecule has 0 aliphatic rings. The quantitative estimate of drug-likeness (QED) is 0.183. The average Bonchev–Trinajstić information content (AvgIpc) is 2.62. The number of rotatable bonds is 20. The van der Waals surface area contributed by atoms with E-state index >= 15 is 0 Å². The van der Waals surface area contributed by atoms with Gasteiger partial charge in [-0.1, -0.05) is 104 Å². The Hall–Kier alpha value is 0.870. The van der Waals surface area contributed by atoms with Gasteiger partial charge in [0.15, 0.2) is 0 Å². The molecule has 0 saturated heterocycles. The summed E-state index contributed by atoms with van der Waals surface area (Å²) in [6.45, 7) is 4.21. The fourth-order valence-electron chi connectivity index (χ4n) is 3.60. The molecule has 0 aromatic heterocycles. The zero-order valence-corrected chi connectivity index (χ0v) is 21.8. The van der Waals surface area contributed by atoms with Crippen molar-refractivity contribution in [2.75, 3.05) is 0 Å². The first-order valence-electron chi connectivity index (χ1n) is 11.5. The molecule has 1 N–H and O–H groups in total. The Balaban J connectivity index is 0. The zero-order valence-electron chi connectivity index (χ0n) is 19.0. The van der Waals surface area contributed by atoms with Crippen molar-refractivity contribution in [1.82, 2.24) is 0 Å². The summed E-state index contributed by atoms with van der Waals surface area (Å²) < 4.78 is 34.5. The third kappa shape index (κ3) is 20.2. The SMILES string of the molecule is CCCCCCCCCCC(CCCCCCCCC(O)CC)S(=O)(=O)[O-].[Na+]. The molecule has 0 fully saturated rings. The van der Waals surface area contributed by atoms with E-state index in [2.05, 4.69) is 6.92 Å². The van der Waals surface area contributed by atoms with E-state index in [1.54, 1.807) is 0 Å². The van der Waals surface area contributed by atoms with Crippen LogP contribution in [0.1, 0.15) is 129 Å². The number of hydrogen-bond acceptors (Lipinski definition) is 4. The van der Waals surface area contributed by atoms with Crippen molar-refractivity contribution in [3.8, 4) is 0 Å². The first-order chi connectivity index (χ1) is 12.9. The Morgan fingerprint density at radius 2 is 1.04 bits per heavy atom. The van der Waals surface area contributed by atoms with Crippen LogP contribution in [0.25, 0.3) is 0 Å². The summed E-state index contributed by atoms with van der Waals surface area (Å²) in [7, 11) is -4.16. The van der Waals surface area contributed by atoms with Crippen LogP contribution in [0, 0.1) is 0 Å². The van der Waals surface area contributed by atoms with Crippen molar-refractivity contribution >= 4 is 10.1 Å². The van der Waals surface area contributed by atoms with Crippen LogP contribution in [0.3, 0.4) is 0 Å². The maximum absolute atomic E-state index is 11.5. The average molecular weight is 429 g/mol. The molecule has 164 valence electrons. The fourth-order valence-corrected chi connectivity index (χ4v) is 4.51. The molecule has 0 bridgehead atoms. The Morgan fingerprint density at radius 3 is 1.39 bits per heavy atom. The monoisotopic (exact) mass is 428 g/mol. The van der Waals surface area contributed by atoms with Gasteiger partial charge in [0.25, 0.3) is 0 Å². The summed E-state index contributed by atoms with van der Waals surface area (Å²) >= 11 is 0. The second kappa shape index (κ2) is 21.1. The van der Waals surface area contributed by atoms with Gasteiger partial charge in [-0.15, -0.1) is 0 Å². The number of aliphatic hydroxyl groups is 1. The minimum absolute atomic E-state index is 0. The van der Waals surface area contributed by atoms with Crippen LogP contribution in [0.15, 0.2) is 0 Å². The molecule has 0 aromatic rings. The van der Waals surface area contributed by atoms with Crippen molar-refractivity contribution in [2.24, 2.45) is 0 Å². The van der Waals surface area contributed by atoms with E-state index in [1.807, 2.05) is 6.92 Å². The maximum atomic E-state index is 11.5. The van der Waals surface area contributed by atoms with Gasteiger partial charge >= 0.3 is 29.6 Å². The van der Waals surface area contributed by atoms with Gasteiger partial charge in [0.1, 0.15) is 0 Å². The largest absolute Gasteiger partial charge is 1.00 e. The Morgan fingerprint density at radius 1 is 0.679 bits per heavy atom. The second-order valence-corrected chi connectivity index (χ2v) is 9.79.